The zero-order valence-corrected chi connectivity index (χ0v) is 20.0. The number of phenolic OH excluding ortho intramolecular Hbond substituents is 1. The van der Waals surface area contributed by atoms with Crippen LogP contribution < -0.4 is 9.64 Å². The molecule has 1 aromatic heterocycles. The fourth-order valence-electron chi connectivity index (χ4n) is 4.04. The predicted molar refractivity (Wildman–Crippen MR) is 135 cm³/mol. The van der Waals surface area contributed by atoms with Crippen molar-refractivity contribution in [2.24, 2.45) is 0 Å². The quantitative estimate of drug-likeness (QED) is 0.205. The summed E-state index contributed by atoms with van der Waals surface area (Å²) >= 11 is 7.25. The SMILES string of the molecule is CCOc1cc(C2/C(=C(\O)c3ccc(Cl)cc3)C(=O)C(=O)N2c2nc3ccccc3s2)ccc1O. The molecule has 35 heavy (non-hydrogen) atoms. The molecule has 0 saturated carbocycles. The van der Waals surface area contributed by atoms with Gasteiger partial charge in [0.05, 0.1) is 28.4 Å². The number of aliphatic hydroxyl groups excluding tert-OH is 1. The number of thiazole rings is 1. The summed E-state index contributed by atoms with van der Waals surface area (Å²) in [5.41, 5.74) is 1.40. The molecule has 1 aliphatic rings. The van der Waals surface area contributed by atoms with Crippen molar-refractivity contribution in [1.82, 2.24) is 4.98 Å². The number of benzene rings is 3. The van der Waals surface area contributed by atoms with Gasteiger partial charge < -0.3 is 14.9 Å². The van der Waals surface area contributed by atoms with Gasteiger partial charge in [-0.05, 0) is 61.0 Å². The van der Waals surface area contributed by atoms with Crippen molar-refractivity contribution in [1.29, 1.82) is 0 Å². The van der Waals surface area contributed by atoms with Gasteiger partial charge in [0, 0.05) is 10.6 Å². The van der Waals surface area contributed by atoms with E-state index in [4.69, 9.17) is 16.3 Å². The Bertz CT molecular complexity index is 1460. The van der Waals surface area contributed by atoms with E-state index in [1.807, 2.05) is 24.3 Å². The number of fused-ring (bicyclic) bond motifs is 1. The van der Waals surface area contributed by atoms with Crippen molar-refractivity contribution in [2.75, 3.05) is 11.5 Å². The van der Waals surface area contributed by atoms with Crippen LogP contribution in [0.5, 0.6) is 11.5 Å². The zero-order valence-electron chi connectivity index (χ0n) is 18.4. The summed E-state index contributed by atoms with van der Waals surface area (Å²) < 4.78 is 6.38. The Hall–Kier alpha value is -3.88. The Morgan fingerprint density at radius 1 is 1.11 bits per heavy atom. The van der Waals surface area contributed by atoms with Crippen molar-refractivity contribution in [3.63, 3.8) is 0 Å². The molecule has 2 N–H and O–H groups in total. The van der Waals surface area contributed by atoms with Crippen LogP contribution in [0.25, 0.3) is 16.0 Å². The highest BCUT2D eigenvalue weighted by Crippen LogP contribution is 2.45. The van der Waals surface area contributed by atoms with E-state index in [1.165, 1.54) is 22.3 Å². The number of aliphatic hydroxyl groups is 1. The molecule has 1 amide bonds. The maximum Gasteiger partial charge on any atom is 0.301 e. The fourth-order valence-corrected chi connectivity index (χ4v) is 5.16. The van der Waals surface area contributed by atoms with E-state index in [0.29, 0.717) is 33.4 Å². The number of nitrogens with zero attached hydrogens (tertiary/aromatic N) is 2. The van der Waals surface area contributed by atoms with Crippen LogP contribution in [-0.4, -0.2) is 33.5 Å². The summed E-state index contributed by atoms with van der Waals surface area (Å²) in [7, 11) is 0. The summed E-state index contributed by atoms with van der Waals surface area (Å²) in [5, 5.41) is 22.2. The van der Waals surface area contributed by atoms with E-state index in [0.717, 1.165) is 4.70 Å². The molecule has 0 radical (unpaired) electrons. The molecule has 7 nitrogen and oxygen atoms in total. The molecule has 176 valence electrons. The van der Waals surface area contributed by atoms with Gasteiger partial charge in [-0.3, -0.25) is 14.5 Å². The average molecular weight is 507 g/mol. The topological polar surface area (TPSA) is 100.0 Å². The number of rotatable bonds is 5. The first-order chi connectivity index (χ1) is 16.9. The van der Waals surface area contributed by atoms with Gasteiger partial charge in [-0.1, -0.05) is 41.1 Å². The van der Waals surface area contributed by atoms with Gasteiger partial charge >= 0.3 is 5.91 Å². The Morgan fingerprint density at radius 2 is 1.86 bits per heavy atom. The third kappa shape index (κ3) is 4.00. The second-order valence-corrected chi connectivity index (χ2v) is 9.25. The lowest BCUT2D eigenvalue weighted by molar-refractivity contribution is -0.132. The van der Waals surface area contributed by atoms with Crippen molar-refractivity contribution in [3.8, 4) is 11.5 Å². The summed E-state index contributed by atoms with van der Waals surface area (Å²) in [5.74, 6) is -1.86. The van der Waals surface area contributed by atoms with E-state index < -0.39 is 17.7 Å². The molecule has 1 aliphatic heterocycles. The van der Waals surface area contributed by atoms with Crippen LogP contribution in [0.2, 0.25) is 5.02 Å². The number of para-hydroxylation sites is 1. The first kappa shape index (κ1) is 22.9. The number of halogens is 1. The third-order valence-corrected chi connectivity index (χ3v) is 6.94. The van der Waals surface area contributed by atoms with Crippen molar-refractivity contribution >= 4 is 55.7 Å². The van der Waals surface area contributed by atoms with E-state index >= 15 is 0 Å². The number of aromatic hydroxyl groups is 1. The molecule has 0 spiro atoms. The maximum absolute atomic E-state index is 13.3. The van der Waals surface area contributed by atoms with Gasteiger partial charge in [0.1, 0.15) is 5.76 Å². The molecule has 3 aromatic carbocycles. The van der Waals surface area contributed by atoms with Crippen LogP contribution in [0.3, 0.4) is 0 Å². The highest BCUT2D eigenvalue weighted by atomic mass is 35.5. The molecule has 0 bridgehead atoms. The van der Waals surface area contributed by atoms with Crippen molar-refractivity contribution < 1.29 is 24.5 Å². The van der Waals surface area contributed by atoms with Crippen LogP contribution in [0.1, 0.15) is 24.1 Å². The Labute approximate surface area is 209 Å². The van der Waals surface area contributed by atoms with Crippen molar-refractivity contribution in [3.05, 3.63) is 88.5 Å². The van der Waals surface area contributed by atoms with Gasteiger partial charge in [0.25, 0.3) is 5.78 Å². The molecular weight excluding hydrogens is 488 g/mol. The average Bonchev–Trinajstić information content (AvgIpc) is 3.39. The number of phenols is 1. The number of anilines is 1. The lowest BCUT2D eigenvalue weighted by Crippen LogP contribution is -2.29. The molecule has 2 heterocycles. The van der Waals surface area contributed by atoms with E-state index in [1.54, 1.807) is 43.3 Å². The number of hydrogen-bond acceptors (Lipinski definition) is 7. The van der Waals surface area contributed by atoms with Crippen LogP contribution in [0.4, 0.5) is 5.13 Å². The number of carbonyl (C=O) groups is 2. The van der Waals surface area contributed by atoms with Crippen LogP contribution in [0.15, 0.2) is 72.3 Å². The lowest BCUT2D eigenvalue weighted by atomic mass is 9.95. The van der Waals surface area contributed by atoms with Crippen LogP contribution in [-0.2, 0) is 9.59 Å². The largest absolute Gasteiger partial charge is 0.507 e. The van der Waals surface area contributed by atoms with Gasteiger partial charge in [-0.15, -0.1) is 0 Å². The highest BCUT2D eigenvalue weighted by Gasteiger charge is 2.48. The smallest absolute Gasteiger partial charge is 0.301 e. The summed E-state index contributed by atoms with van der Waals surface area (Å²) in [6, 6.07) is 17.3. The summed E-state index contributed by atoms with van der Waals surface area (Å²) in [4.78, 5) is 32.5. The van der Waals surface area contributed by atoms with Crippen LogP contribution >= 0.6 is 22.9 Å². The second kappa shape index (κ2) is 9.05. The number of ketones is 1. The lowest BCUT2D eigenvalue weighted by Gasteiger charge is -2.23. The second-order valence-electron chi connectivity index (χ2n) is 7.80. The Balaban J connectivity index is 1.74. The number of ether oxygens (including phenoxy) is 1. The minimum Gasteiger partial charge on any atom is -0.507 e. The maximum atomic E-state index is 13.3. The number of carbonyl (C=O) groups excluding carboxylic acids is 2. The minimum absolute atomic E-state index is 0.0785. The third-order valence-electron chi connectivity index (χ3n) is 5.65. The Kier molecular flexibility index (Phi) is 5.92. The molecule has 4 aromatic rings. The minimum atomic E-state index is -0.994. The van der Waals surface area contributed by atoms with Gasteiger partial charge in [0.2, 0.25) is 0 Å². The fraction of sp³-hybridized carbons (Fsp3) is 0.115. The zero-order chi connectivity index (χ0) is 24.7. The standard InChI is InChI=1S/C26H19ClN2O5S/c1-2-34-19-13-15(9-12-18(19)30)22-21(23(31)14-7-10-16(27)11-8-14)24(32)25(33)29(22)26-28-17-5-3-4-6-20(17)35-26/h3-13,22,30-31H,2H2,1H3/b23-21+. The number of amides is 1. The van der Waals surface area contributed by atoms with Gasteiger partial charge in [-0.2, -0.15) is 0 Å². The molecule has 9 heteroatoms. The number of Topliss-reactive ketones (excluding diaryl/α,β-unsaturated/α-hetero) is 1. The van der Waals surface area contributed by atoms with Crippen molar-refractivity contribution in [2.45, 2.75) is 13.0 Å². The normalized spacial score (nSPS) is 17.3. The molecule has 1 atom stereocenters. The number of hydrogen-bond donors (Lipinski definition) is 2. The highest BCUT2D eigenvalue weighted by molar-refractivity contribution is 7.22. The summed E-state index contributed by atoms with van der Waals surface area (Å²) in [6.07, 6.45) is 0. The Morgan fingerprint density at radius 3 is 2.57 bits per heavy atom. The van der Waals surface area contributed by atoms with E-state index in [-0.39, 0.29) is 22.8 Å². The van der Waals surface area contributed by atoms with E-state index in [2.05, 4.69) is 4.98 Å². The van der Waals surface area contributed by atoms with Crippen LogP contribution in [0, 0.1) is 0 Å². The summed E-state index contributed by atoms with van der Waals surface area (Å²) in [6.45, 7) is 2.08. The van der Waals surface area contributed by atoms with Gasteiger partial charge in [-0.25, -0.2) is 4.98 Å². The molecule has 1 unspecified atom stereocenters. The molecular formula is C26H19ClN2O5S. The monoisotopic (exact) mass is 506 g/mol. The van der Waals surface area contributed by atoms with E-state index in [9.17, 15) is 19.8 Å². The molecule has 1 saturated heterocycles. The molecule has 0 aliphatic carbocycles. The number of aromatic nitrogens is 1. The first-order valence-electron chi connectivity index (χ1n) is 10.8. The molecule has 1 fully saturated rings. The predicted octanol–water partition coefficient (Wildman–Crippen LogP) is 5.68. The molecule has 5 rings (SSSR count). The first-order valence-corrected chi connectivity index (χ1v) is 12.0. The van der Waals surface area contributed by atoms with Gasteiger partial charge in [0.15, 0.2) is 16.6 Å².